The number of hydrogen-bond donors (Lipinski definition) is 4. The van der Waals surface area contributed by atoms with E-state index in [9.17, 15) is 21.9 Å². The van der Waals surface area contributed by atoms with E-state index in [4.69, 9.17) is 0 Å². The molecule has 8 nitrogen and oxygen atoms in total. The summed E-state index contributed by atoms with van der Waals surface area (Å²) in [5.74, 6) is 0.571. The van der Waals surface area contributed by atoms with Crippen molar-refractivity contribution in [3.63, 3.8) is 0 Å². The van der Waals surface area contributed by atoms with Gasteiger partial charge in [0.2, 0.25) is 10.0 Å². The summed E-state index contributed by atoms with van der Waals surface area (Å²) < 4.78 is 56.0. The molecule has 0 bridgehead atoms. The minimum absolute atomic E-state index is 0.206. The van der Waals surface area contributed by atoms with Crippen LogP contribution in [0.5, 0.6) is 0 Å². The Morgan fingerprint density at radius 2 is 1.56 bits per heavy atom. The molecular weight excluding hydrogens is 474 g/mol. The van der Waals surface area contributed by atoms with Crippen LogP contribution in [0.25, 0.3) is 0 Å². The lowest BCUT2D eigenvalue weighted by molar-refractivity contribution is -0.0207. The smallest absolute Gasteiger partial charge is 0.277 e. The highest BCUT2D eigenvalue weighted by molar-refractivity contribution is 7.90. The first-order valence-corrected chi connectivity index (χ1v) is 15.1. The molecule has 34 heavy (non-hydrogen) atoms. The van der Waals surface area contributed by atoms with Gasteiger partial charge in [0.25, 0.3) is 10.2 Å². The average molecular weight is 518 g/mol. The lowest BCUT2D eigenvalue weighted by atomic mass is 9.71. The van der Waals surface area contributed by atoms with Crippen LogP contribution >= 0.6 is 0 Å². The molecule has 196 valence electrons. The van der Waals surface area contributed by atoms with Crippen molar-refractivity contribution >= 4 is 20.2 Å². The molecule has 0 amide bonds. The number of aliphatic hydroxyl groups is 1. The molecule has 4 N–H and O–H groups in total. The fourth-order valence-electron chi connectivity index (χ4n) is 4.31. The molecule has 1 aromatic rings. The van der Waals surface area contributed by atoms with E-state index in [0.29, 0.717) is 31.7 Å². The monoisotopic (exact) mass is 517 g/mol. The summed E-state index contributed by atoms with van der Waals surface area (Å²) in [4.78, 5) is 0. The second-order valence-electron chi connectivity index (χ2n) is 11.0. The second-order valence-corrected chi connectivity index (χ2v) is 14.8. The third kappa shape index (κ3) is 8.87. The van der Waals surface area contributed by atoms with Crippen LogP contribution in [0, 0.1) is 11.8 Å². The maximum Gasteiger partial charge on any atom is 0.277 e. The Morgan fingerprint density at radius 1 is 1.00 bits per heavy atom. The minimum atomic E-state index is -3.55. The predicted octanol–water partition coefficient (Wildman–Crippen LogP) is 2.79. The number of nitrogens with one attached hydrogen (secondary N) is 3. The number of benzene rings is 1. The molecule has 0 spiro atoms. The highest BCUT2D eigenvalue weighted by Crippen LogP contribution is 2.41. The van der Waals surface area contributed by atoms with Crippen LogP contribution in [0.2, 0.25) is 0 Å². The Balaban J connectivity index is 1.86. The Morgan fingerprint density at radius 3 is 2.06 bits per heavy atom. The first-order valence-electron chi connectivity index (χ1n) is 12.1. The highest BCUT2D eigenvalue weighted by atomic mass is 32.2. The van der Waals surface area contributed by atoms with Crippen molar-refractivity contribution in [3.05, 3.63) is 35.4 Å². The molecule has 0 heterocycles. The van der Waals surface area contributed by atoms with Gasteiger partial charge in [-0.05, 0) is 89.7 Å². The van der Waals surface area contributed by atoms with Crippen molar-refractivity contribution in [2.45, 2.75) is 90.0 Å². The fourth-order valence-corrected chi connectivity index (χ4v) is 6.38. The zero-order valence-electron chi connectivity index (χ0n) is 21.4. The van der Waals surface area contributed by atoms with Crippen molar-refractivity contribution in [2.75, 3.05) is 13.1 Å². The van der Waals surface area contributed by atoms with Gasteiger partial charge in [0, 0.05) is 18.6 Å². The number of hydrogen-bond acceptors (Lipinski definition) is 5. The van der Waals surface area contributed by atoms with Crippen LogP contribution in [0.4, 0.5) is 0 Å². The van der Waals surface area contributed by atoms with E-state index in [0.717, 1.165) is 24.0 Å². The van der Waals surface area contributed by atoms with Crippen LogP contribution < -0.4 is 14.2 Å². The van der Waals surface area contributed by atoms with Crippen molar-refractivity contribution in [1.82, 2.24) is 14.2 Å². The molecule has 1 unspecified atom stereocenters. The molecule has 1 aliphatic rings. The van der Waals surface area contributed by atoms with Gasteiger partial charge < -0.3 is 5.11 Å². The lowest BCUT2D eigenvalue weighted by Crippen LogP contribution is -2.47. The van der Waals surface area contributed by atoms with Crippen LogP contribution in [0.3, 0.4) is 0 Å². The molecule has 1 atom stereocenters. The van der Waals surface area contributed by atoms with Gasteiger partial charge in [0.15, 0.2) is 0 Å². The Bertz CT molecular complexity index is 992. The molecule has 0 aliphatic heterocycles. The molecular formula is C24H43N3O5S2. The standard InChI is InChI=1S/C24H43N3O5S2/c1-18(2)33(29,30)26-17-19(3)21-11-14-24(28,15-12-21)22-9-7-20(8-10-22)13-16-25-34(31,32)27-23(4,5)6/h7-10,18-19,21,25-28H,11-17H2,1-6H3. The van der Waals surface area contributed by atoms with Gasteiger partial charge in [-0.25, -0.2) is 17.9 Å². The number of sulfonamides is 1. The first-order chi connectivity index (χ1) is 15.5. The molecule has 0 radical (unpaired) electrons. The topological polar surface area (TPSA) is 125 Å². The van der Waals surface area contributed by atoms with E-state index in [1.54, 1.807) is 34.6 Å². The third-order valence-electron chi connectivity index (χ3n) is 6.53. The zero-order valence-corrected chi connectivity index (χ0v) is 23.0. The molecule has 0 aromatic heterocycles. The molecule has 1 saturated carbocycles. The molecule has 1 aromatic carbocycles. The van der Waals surface area contributed by atoms with Crippen molar-refractivity contribution in [2.24, 2.45) is 11.8 Å². The molecule has 1 fully saturated rings. The molecule has 1 aliphatic carbocycles. The minimum Gasteiger partial charge on any atom is -0.385 e. The average Bonchev–Trinajstić information content (AvgIpc) is 2.71. The van der Waals surface area contributed by atoms with Gasteiger partial charge in [0.1, 0.15) is 0 Å². The largest absolute Gasteiger partial charge is 0.385 e. The summed E-state index contributed by atoms with van der Waals surface area (Å²) in [5.41, 5.74) is 0.440. The summed E-state index contributed by atoms with van der Waals surface area (Å²) in [5, 5.41) is 10.8. The Labute approximate surface area is 206 Å². The van der Waals surface area contributed by atoms with Crippen molar-refractivity contribution < 1.29 is 21.9 Å². The second kappa shape index (κ2) is 11.3. The Hall–Kier alpha value is -1.04. The summed E-state index contributed by atoms with van der Waals surface area (Å²) in [6, 6.07) is 7.73. The third-order valence-corrected chi connectivity index (χ3v) is 9.80. The Kier molecular flexibility index (Phi) is 9.74. The van der Waals surface area contributed by atoms with E-state index >= 15 is 0 Å². The SMILES string of the molecule is CC(CNS(=O)(=O)C(C)C)C1CCC(O)(c2ccc(CCNS(=O)(=O)NC(C)(C)C)cc2)CC1. The summed E-state index contributed by atoms with van der Waals surface area (Å²) >= 11 is 0. The molecule has 0 saturated heterocycles. The predicted molar refractivity (Wildman–Crippen MR) is 137 cm³/mol. The maximum atomic E-state index is 12.0. The molecule has 10 heteroatoms. The van der Waals surface area contributed by atoms with E-state index in [1.165, 1.54) is 0 Å². The van der Waals surface area contributed by atoms with E-state index in [1.807, 2.05) is 24.3 Å². The van der Waals surface area contributed by atoms with Crippen LogP contribution in [-0.4, -0.2) is 45.8 Å². The summed E-state index contributed by atoms with van der Waals surface area (Å²) in [7, 11) is -6.82. The van der Waals surface area contributed by atoms with Crippen molar-refractivity contribution in [1.29, 1.82) is 0 Å². The molecule has 2 rings (SSSR count). The first kappa shape index (κ1) is 29.2. The zero-order chi connectivity index (χ0) is 25.8. The van der Waals surface area contributed by atoms with Crippen LogP contribution in [-0.2, 0) is 32.3 Å². The van der Waals surface area contributed by atoms with E-state index in [2.05, 4.69) is 21.1 Å². The lowest BCUT2D eigenvalue weighted by Gasteiger charge is -2.38. The quantitative estimate of drug-likeness (QED) is 0.359. The normalized spacial score (nSPS) is 23.2. The van der Waals surface area contributed by atoms with E-state index < -0.39 is 36.6 Å². The fraction of sp³-hybridized carbons (Fsp3) is 0.750. The van der Waals surface area contributed by atoms with Crippen LogP contribution in [0.1, 0.15) is 78.4 Å². The van der Waals surface area contributed by atoms with Crippen LogP contribution in [0.15, 0.2) is 24.3 Å². The van der Waals surface area contributed by atoms with Gasteiger partial charge in [0.05, 0.1) is 10.9 Å². The highest BCUT2D eigenvalue weighted by Gasteiger charge is 2.36. The van der Waals surface area contributed by atoms with Gasteiger partial charge >= 0.3 is 0 Å². The van der Waals surface area contributed by atoms with Gasteiger partial charge in [-0.2, -0.15) is 13.1 Å². The summed E-state index contributed by atoms with van der Waals surface area (Å²) in [6.07, 6.45) is 3.50. The summed E-state index contributed by atoms with van der Waals surface area (Å²) in [6.45, 7) is 11.5. The van der Waals surface area contributed by atoms with Crippen molar-refractivity contribution in [3.8, 4) is 0 Å². The van der Waals surface area contributed by atoms with Gasteiger partial charge in [-0.1, -0.05) is 31.2 Å². The maximum absolute atomic E-state index is 12.0. The van der Waals surface area contributed by atoms with E-state index in [-0.39, 0.29) is 12.5 Å². The van der Waals surface area contributed by atoms with Gasteiger partial charge in [-0.3, -0.25) is 0 Å². The van der Waals surface area contributed by atoms with Gasteiger partial charge in [-0.15, -0.1) is 0 Å². The number of rotatable bonds is 11.